The number of pyridine rings is 1. The fourth-order valence-corrected chi connectivity index (χ4v) is 3.50. The topological polar surface area (TPSA) is 83.0 Å². The second-order valence-corrected chi connectivity index (χ2v) is 6.22. The zero-order chi connectivity index (χ0) is 17.1. The Labute approximate surface area is 145 Å². The number of nitrogens with zero attached hydrogens (tertiary/aromatic N) is 3. The fraction of sp³-hybridized carbons (Fsp3) is 0.278. The average Bonchev–Trinajstić information content (AvgIpc) is 3.05. The quantitative estimate of drug-likeness (QED) is 0.926. The van der Waals surface area contributed by atoms with E-state index in [4.69, 9.17) is 17.3 Å². The van der Waals surface area contributed by atoms with E-state index < -0.39 is 5.91 Å². The van der Waals surface area contributed by atoms with Crippen LogP contribution in [0.3, 0.4) is 0 Å². The molecule has 2 aromatic rings. The Kier molecular flexibility index (Phi) is 4.68. The third-order valence-electron chi connectivity index (χ3n) is 4.36. The van der Waals surface area contributed by atoms with Crippen molar-refractivity contribution >= 4 is 23.3 Å². The zero-order valence-corrected chi connectivity index (χ0v) is 13.8. The van der Waals surface area contributed by atoms with Crippen molar-refractivity contribution < 1.29 is 4.79 Å². The summed E-state index contributed by atoms with van der Waals surface area (Å²) in [7, 11) is 0. The number of primary amides is 1. The Morgan fingerprint density at radius 1 is 1.42 bits per heavy atom. The number of carbonyl (C=O) groups is 1. The van der Waals surface area contributed by atoms with Gasteiger partial charge < -0.3 is 10.6 Å². The first-order chi connectivity index (χ1) is 11.6. The molecule has 1 aliphatic heterocycles. The van der Waals surface area contributed by atoms with Gasteiger partial charge in [0, 0.05) is 12.7 Å². The maximum absolute atomic E-state index is 11.3. The van der Waals surface area contributed by atoms with Gasteiger partial charge >= 0.3 is 0 Å². The highest BCUT2D eigenvalue weighted by Crippen LogP contribution is 2.36. The molecule has 2 unspecified atom stereocenters. The van der Waals surface area contributed by atoms with Crippen molar-refractivity contribution in [1.82, 2.24) is 4.98 Å². The fourth-order valence-electron chi connectivity index (χ4n) is 3.22. The minimum Gasteiger partial charge on any atom is -0.366 e. The third-order valence-corrected chi connectivity index (χ3v) is 4.64. The summed E-state index contributed by atoms with van der Waals surface area (Å²) in [5.41, 5.74) is 6.53. The van der Waals surface area contributed by atoms with Crippen molar-refractivity contribution in [1.29, 1.82) is 5.26 Å². The summed E-state index contributed by atoms with van der Waals surface area (Å²) in [6.07, 6.45) is 3.29. The smallest absolute Gasteiger partial charge is 0.250 e. The van der Waals surface area contributed by atoms with Crippen LogP contribution in [0.5, 0.6) is 0 Å². The molecule has 0 bridgehead atoms. The number of hydrogen-bond donors (Lipinski definition) is 1. The molecule has 1 aliphatic rings. The van der Waals surface area contributed by atoms with Crippen LogP contribution in [0.4, 0.5) is 5.82 Å². The number of aromatic nitrogens is 1. The van der Waals surface area contributed by atoms with Crippen LogP contribution in [0.1, 0.15) is 34.7 Å². The molecule has 1 fully saturated rings. The highest BCUT2D eigenvalue weighted by Gasteiger charge is 2.34. The van der Waals surface area contributed by atoms with Gasteiger partial charge in [-0.05, 0) is 24.5 Å². The summed E-state index contributed by atoms with van der Waals surface area (Å²) in [6, 6.07) is 13.7. The molecule has 5 nitrogen and oxygen atoms in total. The predicted molar refractivity (Wildman–Crippen MR) is 92.9 cm³/mol. The summed E-state index contributed by atoms with van der Waals surface area (Å²) in [5.74, 6) is -0.226. The van der Waals surface area contributed by atoms with E-state index >= 15 is 0 Å². The van der Waals surface area contributed by atoms with E-state index in [1.54, 1.807) is 0 Å². The van der Waals surface area contributed by atoms with Gasteiger partial charge in [0.25, 0.3) is 0 Å². The molecule has 2 heterocycles. The SMILES string of the molecule is N#CC(c1ccccc1)C1CCCN1c1ncc(C(N)=O)cc1Cl. The number of hydrogen-bond acceptors (Lipinski definition) is 4. The molecule has 1 aromatic heterocycles. The average molecular weight is 341 g/mol. The van der Waals surface area contributed by atoms with Crippen molar-refractivity contribution in [2.24, 2.45) is 5.73 Å². The number of amides is 1. The Morgan fingerprint density at radius 3 is 2.79 bits per heavy atom. The van der Waals surface area contributed by atoms with Crippen LogP contribution in [-0.4, -0.2) is 23.5 Å². The van der Waals surface area contributed by atoms with Crippen molar-refractivity contribution in [3.8, 4) is 6.07 Å². The highest BCUT2D eigenvalue weighted by atomic mass is 35.5. The molecule has 1 saturated heterocycles. The molecule has 24 heavy (non-hydrogen) atoms. The second-order valence-electron chi connectivity index (χ2n) is 5.81. The Morgan fingerprint density at radius 2 is 2.17 bits per heavy atom. The minimum atomic E-state index is -0.562. The lowest BCUT2D eigenvalue weighted by molar-refractivity contribution is 0.1000. The van der Waals surface area contributed by atoms with Gasteiger partial charge in [-0.3, -0.25) is 4.79 Å². The number of anilines is 1. The molecular formula is C18H17ClN4O. The summed E-state index contributed by atoms with van der Waals surface area (Å²) in [5, 5.41) is 10.1. The molecule has 6 heteroatoms. The summed E-state index contributed by atoms with van der Waals surface area (Å²) in [4.78, 5) is 17.6. The number of nitriles is 1. The molecule has 0 saturated carbocycles. The standard InChI is InChI=1S/C18H17ClN4O/c19-15-9-13(17(21)24)11-22-18(15)23-8-4-7-16(23)14(10-20)12-5-2-1-3-6-12/h1-3,5-6,9,11,14,16H,4,7-8H2,(H2,21,24). The number of carbonyl (C=O) groups excluding carboxylic acids is 1. The lowest BCUT2D eigenvalue weighted by Crippen LogP contribution is -2.35. The van der Waals surface area contributed by atoms with Crippen molar-refractivity contribution in [3.63, 3.8) is 0 Å². The normalized spacial score (nSPS) is 18.2. The second kappa shape index (κ2) is 6.90. The van der Waals surface area contributed by atoms with Crippen LogP contribution in [0, 0.1) is 11.3 Å². The van der Waals surface area contributed by atoms with Crippen LogP contribution in [-0.2, 0) is 0 Å². The molecule has 122 valence electrons. The van der Waals surface area contributed by atoms with E-state index in [2.05, 4.69) is 16.0 Å². The van der Waals surface area contributed by atoms with Crippen LogP contribution in [0.25, 0.3) is 0 Å². The lowest BCUT2D eigenvalue weighted by atomic mass is 9.91. The van der Waals surface area contributed by atoms with Crippen molar-refractivity contribution in [2.75, 3.05) is 11.4 Å². The van der Waals surface area contributed by atoms with Crippen molar-refractivity contribution in [2.45, 2.75) is 24.8 Å². The molecule has 1 aromatic carbocycles. The molecule has 3 rings (SSSR count). The van der Waals surface area contributed by atoms with Crippen LogP contribution >= 0.6 is 11.6 Å². The van der Waals surface area contributed by atoms with Crippen LogP contribution < -0.4 is 10.6 Å². The van der Waals surface area contributed by atoms with E-state index in [1.165, 1.54) is 12.3 Å². The number of nitrogens with two attached hydrogens (primary N) is 1. The molecule has 0 spiro atoms. The van der Waals surface area contributed by atoms with E-state index in [1.807, 2.05) is 30.3 Å². The molecule has 0 radical (unpaired) electrons. The molecule has 0 aliphatic carbocycles. The summed E-state index contributed by atoms with van der Waals surface area (Å²) >= 11 is 6.32. The largest absolute Gasteiger partial charge is 0.366 e. The highest BCUT2D eigenvalue weighted by molar-refractivity contribution is 6.33. The van der Waals surface area contributed by atoms with Crippen LogP contribution in [0.15, 0.2) is 42.6 Å². The summed E-state index contributed by atoms with van der Waals surface area (Å²) in [6.45, 7) is 0.776. The van der Waals surface area contributed by atoms with E-state index in [9.17, 15) is 10.1 Å². The first-order valence-corrected chi connectivity index (χ1v) is 8.16. The van der Waals surface area contributed by atoms with Crippen LogP contribution in [0.2, 0.25) is 5.02 Å². The van der Waals surface area contributed by atoms with Gasteiger partial charge in [-0.15, -0.1) is 0 Å². The third kappa shape index (κ3) is 3.06. The maximum Gasteiger partial charge on any atom is 0.250 e. The van der Waals surface area contributed by atoms with E-state index in [-0.39, 0.29) is 17.5 Å². The molecule has 2 atom stereocenters. The van der Waals surface area contributed by atoms with Crippen molar-refractivity contribution in [3.05, 3.63) is 58.7 Å². The van der Waals surface area contributed by atoms with Gasteiger partial charge in [0.1, 0.15) is 5.82 Å². The van der Waals surface area contributed by atoms with Gasteiger partial charge in [-0.25, -0.2) is 4.98 Å². The Hall–Kier alpha value is -2.58. The van der Waals surface area contributed by atoms with Gasteiger partial charge in [-0.1, -0.05) is 41.9 Å². The minimum absolute atomic E-state index is 0.00169. The van der Waals surface area contributed by atoms with Gasteiger partial charge in [0.15, 0.2) is 0 Å². The maximum atomic E-state index is 11.3. The Bertz CT molecular complexity index is 787. The number of rotatable bonds is 4. The number of halogens is 1. The summed E-state index contributed by atoms with van der Waals surface area (Å²) < 4.78 is 0. The number of benzene rings is 1. The molecule has 1 amide bonds. The van der Waals surface area contributed by atoms with Gasteiger partial charge in [-0.2, -0.15) is 5.26 Å². The predicted octanol–water partition coefficient (Wildman–Crippen LogP) is 3.11. The Balaban J connectivity index is 1.93. The van der Waals surface area contributed by atoms with E-state index in [0.717, 1.165) is 24.9 Å². The van der Waals surface area contributed by atoms with E-state index in [0.29, 0.717) is 10.8 Å². The first kappa shape index (κ1) is 16.3. The lowest BCUT2D eigenvalue weighted by Gasteiger charge is -2.30. The zero-order valence-electron chi connectivity index (χ0n) is 13.0. The van der Waals surface area contributed by atoms with Gasteiger partial charge in [0.2, 0.25) is 5.91 Å². The molecule has 2 N–H and O–H groups in total. The first-order valence-electron chi connectivity index (χ1n) is 7.78. The molecular weight excluding hydrogens is 324 g/mol. The van der Waals surface area contributed by atoms with Gasteiger partial charge in [0.05, 0.1) is 28.6 Å². The monoisotopic (exact) mass is 340 g/mol.